The van der Waals surface area contributed by atoms with Crippen molar-refractivity contribution in [1.29, 1.82) is 0 Å². The summed E-state index contributed by atoms with van der Waals surface area (Å²) >= 11 is 0. The minimum Gasteiger partial charge on any atom is -0.373 e. The van der Waals surface area contributed by atoms with Gasteiger partial charge in [-0.15, -0.1) is 0 Å². The van der Waals surface area contributed by atoms with E-state index in [1.807, 2.05) is 20.8 Å². The Hall–Kier alpha value is 0.234. The van der Waals surface area contributed by atoms with Gasteiger partial charge in [0, 0.05) is 19.8 Å². The maximum absolute atomic E-state index is 5.80. The van der Waals surface area contributed by atoms with E-state index in [0.29, 0.717) is 19.8 Å². The van der Waals surface area contributed by atoms with Gasteiger partial charge in [-0.25, -0.2) is 0 Å². The van der Waals surface area contributed by atoms with Gasteiger partial charge in [-0.05, 0) is 33.9 Å². The SMILES string of the molecule is CCO[Si](CN(CC)CC)(OCC)OCC.N[Si]. The summed E-state index contributed by atoms with van der Waals surface area (Å²) in [5.41, 5.74) is 0. The van der Waals surface area contributed by atoms with Crippen LogP contribution in [0.15, 0.2) is 0 Å². The first-order valence-corrected chi connectivity index (χ1v) is 9.11. The average molecular weight is 294 g/mol. The number of hydrogen-bond donors (Lipinski definition) is 1. The monoisotopic (exact) mass is 293 g/mol. The lowest BCUT2D eigenvalue weighted by atomic mass is 10.6. The molecule has 0 unspecified atom stereocenters. The molecule has 0 saturated carbocycles. The lowest BCUT2D eigenvalue weighted by molar-refractivity contribution is 0.0578. The highest BCUT2D eigenvalue weighted by atomic mass is 28.4. The minimum absolute atomic E-state index is 0.646. The van der Waals surface area contributed by atoms with Gasteiger partial charge in [0.2, 0.25) is 0 Å². The van der Waals surface area contributed by atoms with E-state index in [9.17, 15) is 0 Å². The Morgan fingerprint density at radius 3 is 1.39 bits per heavy atom. The first-order chi connectivity index (χ1) is 8.67. The van der Waals surface area contributed by atoms with Gasteiger partial charge in [-0.1, -0.05) is 13.8 Å². The molecule has 2 N–H and O–H groups in total. The number of nitrogens with two attached hydrogens (primary N) is 1. The molecule has 0 fully saturated rings. The van der Waals surface area contributed by atoms with Gasteiger partial charge in [-0.3, -0.25) is 4.90 Å². The van der Waals surface area contributed by atoms with Crippen LogP contribution < -0.4 is 5.40 Å². The minimum atomic E-state index is -2.47. The topological polar surface area (TPSA) is 57.0 Å². The van der Waals surface area contributed by atoms with E-state index >= 15 is 0 Å². The molecule has 5 nitrogen and oxygen atoms in total. The van der Waals surface area contributed by atoms with Crippen molar-refractivity contribution < 1.29 is 13.3 Å². The molecule has 0 atom stereocenters. The number of hydrogen-bond acceptors (Lipinski definition) is 5. The fourth-order valence-electron chi connectivity index (χ4n) is 1.64. The van der Waals surface area contributed by atoms with Gasteiger partial charge in [0.05, 0.1) is 6.17 Å². The van der Waals surface area contributed by atoms with Crippen LogP contribution in [0.2, 0.25) is 0 Å². The van der Waals surface area contributed by atoms with E-state index in [-0.39, 0.29) is 0 Å². The van der Waals surface area contributed by atoms with Gasteiger partial charge in [0.15, 0.2) is 0 Å². The second-order valence-electron chi connectivity index (χ2n) is 3.44. The van der Waals surface area contributed by atoms with E-state index in [4.69, 9.17) is 13.3 Å². The number of nitrogens with zero attached hydrogens (tertiary/aromatic N) is 1. The zero-order valence-electron chi connectivity index (χ0n) is 12.5. The molecule has 3 radical (unpaired) electrons. The van der Waals surface area contributed by atoms with Gasteiger partial charge >= 0.3 is 8.80 Å². The van der Waals surface area contributed by atoms with Crippen molar-refractivity contribution in [2.24, 2.45) is 5.40 Å². The van der Waals surface area contributed by atoms with Gasteiger partial charge in [0.1, 0.15) is 10.4 Å². The summed E-state index contributed by atoms with van der Waals surface area (Å²) in [6.07, 6.45) is 0.787. The van der Waals surface area contributed by atoms with Crippen molar-refractivity contribution in [3.63, 3.8) is 0 Å². The van der Waals surface area contributed by atoms with Crippen LogP contribution in [0.1, 0.15) is 34.6 Å². The summed E-state index contributed by atoms with van der Waals surface area (Å²) in [5.74, 6) is 0. The molecule has 0 aliphatic carbocycles. The fourth-order valence-corrected chi connectivity index (χ4v) is 4.48. The summed E-state index contributed by atoms with van der Waals surface area (Å²) in [6.45, 7) is 14.2. The molecule has 0 aromatic heterocycles. The van der Waals surface area contributed by atoms with Crippen LogP contribution in [0, 0.1) is 0 Å². The Kier molecular flexibility index (Phi) is 15.6. The molecule has 109 valence electrons. The predicted molar refractivity (Wildman–Crippen MR) is 78.4 cm³/mol. The molecule has 0 aromatic rings. The van der Waals surface area contributed by atoms with Crippen molar-refractivity contribution in [2.45, 2.75) is 34.6 Å². The highest BCUT2D eigenvalue weighted by Crippen LogP contribution is 2.12. The summed E-state index contributed by atoms with van der Waals surface area (Å²) < 4.78 is 17.4. The Morgan fingerprint density at radius 1 is 0.833 bits per heavy atom. The van der Waals surface area contributed by atoms with Crippen LogP contribution in [0.5, 0.6) is 0 Å². The molecular weight excluding hydrogens is 264 g/mol. The van der Waals surface area contributed by atoms with Crippen molar-refractivity contribution in [3.8, 4) is 0 Å². The normalized spacial score (nSPS) is 11.3. The van der Waals surface area contributed by atoms with E-state index in [2.05, 4.69) is 34.6 Å². The van der Waals surface area contributed by atoms with Crippen LogP contribution in [0.25, 0.3) is 0 Å². The van der Waals surface area contributed by atoms with Crippen LogP contribution in [-0.4, -0.2) is 63.2 Å². The van der Waals surface area contributed by atoms with Crippen LogP contribution >= 0.6 is 0 Å². The maximum atomic E-state index is 5.80. The molecular formula is C11H29N2O3Si2. The standard InChI is InChI=1S/C11H27NO3Si.H2NSi/c1-6-12(7-2)11-16(13-8-3,14-9-4)15-10-5;1-2/h6-11H2,1-5H3;1H2. The zero-order valence-corrected chi connectivity index (χ0v) is 14.5. The summed E-state index contributed by atoms with van der Waals surface area (Å²) in [6, 6.07) is 0. The first kappa shape index (κ1) is 20.5. The molecule has 0 amide bonds. The third-order valence-corrected chi connectivity index (χ3v) is 5.42. The highest BCUT2D eigenvalue weighted by Gasteiger charge is 2.41. The Labute approximate surface area is 117 Å². The second kappa shape index (κ2) is 13.7. The van der Waals surface area contributed by atoms with E-state index in [0.717, 1.165) is 19.3 Å². The van der Waals surface area contributed by atoms with Crippen LogP contribution in [-0.2, 0) is 13.3 Å². The maximum Gasteiger partial charge on any atom is 0.515 e. The predicted octanol–water partition coefficient (Wildman–Crippen LogP) is 0.944. The second-order valence-corrected chi connectivity index (χ2v) is 5.99. The number of rotatable bonds is 10. The highest BCUT2D eigenvalue weighted by molar-refractivity contribution is 6.60. The smallest absolute Gasteiger partial charge is 0.373 e. The van der Waals surface area contributed by atoms with Crippen LogP contribution in [0.3, 0.4) is 0 Å². The van der Waals surface area contributed by atoms with Crippen LogP contribution in [0.4, 0.5) is 0 Å². The van der Waals surface area contributed by atoms with Crippen molar-refractivity contribution in [1.82, 2.24) is 4.90 Å². The van der Waals surface area contributed by atoms with Gasteiger partial charge < -0.3 is 18.7 Å². The molecule has 0 rings (SSSR count). The van der Waals surface area contributed by atoms with E-state index in [1.54, 1.807) is 0 Å². The summed E-state index contributed by atoms with van der Waals surface area (Å²) in [5, 5.41) is 4.31. The summed E-state index contributed by atoms with van der Waals surface area (Å²) in [7, 11) is -0.00240. The fraction of sp³-hybridized carbons (Fsp3) is 1.00. The Morgan fingerprint density at radius 2 is 1.17 bits per heavy atom. The summed E-state index contributed by atoms with van der Waals surface area (Å²) in [4.78, 5) is 2.30. The molecule has 18 heavy (non-hydrogen) atoms. The molecule has 0 spiro atoms. The first-order valence-electron chi connectivity index (χ1n) is 6.60. The molecule has 7 heteroatoms. The van der Waals surface area contributed by atoms with Crippen molar-refractivity contribution in [2.75, 3.05) is 39.1 Å². The zero-order chi connectivity index (χ0) is 14.4. The van der Waals surface area contributed by atoms with Crippen molar-refractivity contribution >= 4 is 19.2 Å². The molecule has 0 bridgehead atoms. The van der Waals surface area contributed by atoms with E-state index in [1.165, 1.54) is 0 Å². The third kappa shape index (κ3) is 8.36. The van der Waals surface area contributed by atoms with E-state index < -0.39 is 8.80 Å². The molecule has 0 aliphatic heterocycles. The lowest BCUT2D eigenvalue weighted by Gasteiger charge is -2.32. The van der Waals surface area contributed by atoms with Gasteiger partial charge in [-0.2, -0.15) is 0 Å². The average Bonchev–Trinajstić information content (AvgIpc) is 2.39. The molecule has 0 aliphatic rings. The largest absolute Gasteiger partial charge is 0.515 e. The quantitative estimate of drug-likeness (QED) is 0.608. The van der Waals surface area contributed by atoms with Gasteiger partial charge in [0.25, 0.3) is 0 Å². The Bertz CT molecular complexity index is 155. The Balaban J connectivity index is 0. The molecule has 0 heterocycles. The third-order valence-electron chi connectivity index (χ3n) is 2.40. The van der Waals surface area contributed by atoms with Crippen molar-refractivity contribution in [3.05, 3.63) is 0 Å². The molecule has 0 saturated heterocycles. The lowest BCUT2D eigenvalue weighted by Crippen LogP contribution is -2.55. The molecule has 0 aromatic carbocycles.